The zero-order valence-corrected chi connectivity index (χ0v) is 14.4. The van der Waals surface area contributed by atoms with Gasteiger partial charge in [0.1, 0.15) is 11.9 Å². The van der Waals surface area contributed by atoms with Crippen LogP contribution in [0.3, 0.4) is 0 Å². The number of amides is 2. The van der Waals surface area contributed by atoms with E-state index in [2.05, 4.69) is 5.32 Å². The molecule has 6 nitrogen and oxygen atoms in total. The number of benzene rings is 1. The molecule has 1 saturated heterocycles. The first-order valence-electron chi connectivity index (χ1n) is 8.21. The second-order valence-electron chi connectivity index (χ2n) is 6.11. The molecule has 1 aliphatic heterocycles. The smallest absolute Gasteiger partial charge is 0.293 e. The molecule has 25 heavy (non-hydrogen) atoms. The largest absolute Gasteiger partial charge is 0.493 e. The quantitative estimate of drug-likeness (QED) is 0.619. The molecule has 2 amide bonds. The molecule has 132 valence electrons. The minimum atomic E-state index is -0.357. The second kappa shape index (κ2) is 8.20. The molecule has 1 aromatic carbocycles. The lowest BCUT2D eigenvalue weighted by Crippen LogP contribution is -2.24. The Morgan fingerprint density at radius 1 is 1.12 bits per heavy atom. The average molecular weight is 361 g/mol. The molecule has 0 unspecified atom stereocenters. The lowest BCUT2D eigenvalue weighted by atomic mass is 9.88. The van der Waals surface area contributed by atoms with E-state index in [1.165, 1.54) is 0 Å². The van der Waals surface area contributed by atoms with Crippen molar-refractivity contribution in [3.8, 4) is 5.75 Å². The summed E-state index contributed by atoms with van der Waals surface area (Å²) in [6.07, 6.45) is 5.49. The molecule has 2 fully saturated rings. The highest BCUT2D eigenvalue weighted by Gasteiger charge is 2.25. The number of thioether (sulfide) groups is 1. The van der Waals surface area contributed by atoms with Crippen LogP contribution in [0.15, 0.2) is 29.2 Å². The molecule has 1 heterocycles. The lowest BCUT2D eigenvalue weighted by molar-refractivity contribution is -0.135. The van der Waals surface area contributed by atoms with Crippen molar-refractivity contribution in [2.75, 3.05) is 6.61 Å². The molecule has 0 spiro atoms. The molecule has 0 radical (unpaired) electrons. The van der Waals surface area contributed by atoms with Gasteiger partial charge in [0, 0.05) is 0 Å². The van der Waals surface area contributed by atoms with Crippen molar-refractivity contribution in [2.24, 2.45) is 5.92 Å². The van der Waals surface area contributed by atoms with Gasteiger partial charge in [-0.3, -0.25) is 19.7 Å². The summed E-state index contributed by atoms with van der Waals surface area (Å²) >= 11 is 0.904. The van der Waals surface area contributed by atoms with Gasteiger partial charge in [-0.1, -0.05) is 12.1 Å². The summed E-state index contributed by atoms with van der Waals surface area (Å²) in [6.45, 7) is 1.17. The zero-order valence-electron chi connectivity index (χ0n) is 13.6. The van der Waals surface area contributed by atoms with Gasteiger partial charge in [-0.15, -0.1) is 0 Å². The molecule has 1 aliphatic carbocycles. The van der Waals surface area contributed by atoms with Gasteiger partial charge in [-0.05, 0) is 67.1 Å². The summed E-state index contributed by atoms with van der Waals surface area (Å²) in [7, 11) is 0. The number of rotatable bonds is 6. The Kier molecular flexibility index (Phi) is 5.75. The Balaban J connectivity index is 1.48. The average Bonchev–Trinajstić information content (AvgIpc) is 2.93. The van der Waals surface area contributed by atoms with Crippen LogP contribution in [0.2, 0.25) is 0 Å². The van der Waals surface area contributed by atoms with Crippen molar-refractivity contribution in [1.82, 2.24) is 5.32 Å². The predicted octanol–water partition coefficient (Wildman–Crippen LogP) is 3.12. The molecule has 0 atom stereocenters. The van der Waals surface area contributed by atoms with E-state index in [-0.39, 0.29) is 17.3 Å². The maximum Gasteiger partial charge on any atom is 0.293 e. The minimum Gasteiger partial charge on any atom is -0.493 e. The van der Waals surface area contributed by atoms with E-state index >= 15 is 0 Å². The fraction of sp³-hybridized carbons (Fsp3) is 0.389. The third-order valence-corrected chi connectivity index (χ3v) is 5.16. The van der Waals surface area contributed by atoms with E-state index in [0.717, 1.165) is 48.8 Å². The third kappa shape index (κ3) is 4.85. The number of carbonyl (C=O) groups excluding carboxylic acids is 3. The Morgan fingerprint density at radius 2 is 1.84 bits per heavy atom. The Morgan fingerprint density at radius 3 is 2.44 bits per heavy atom. The van der Waals surface area contributed by atoms with Crippen LogP contribution in [0.4, 0.5) is 4.79 Å². The number of nitrogens with one attached hydrogen (secondary N) is 1. The van der Waals surface area contributed by atoms with Crippen molar-refractivity contribution in [1.29, 1.82) is 0 Å². The number of imide groups is 1. The SMILES string of the molecule is O=COC1CCC(COc2ccc(/C=C3\SC(=O)NC3=O)cc2)CC1. The molecule has 1 aromatic rings. The highest BCUT2D eigenvalue weighted by molar-refractivity contribution is 8.18. The molecule has 1 saturated carbocycles. The molecule has 3 rings (SSSR count). The number of ether oxygens (including phenoxy) is 2. The summed E-state index contributed by atoms with van der Waals surface area (Å²) in [5.74, 6) is 0.885. The van der Waals surface area contributed by atoms with Crippen LogP contribution >= 0.6 is 11.8 Å². The van der Waals surface area contributed by atoms with Gasteiger partial charge in [0.25, 0.3) is 17.6 Å². The Bertz CT molecular complexity index is 677. The van der Waals surface area contributed by atoms with E-state index in [1.807, 2.05) is 24.3 Å². The molecule has 0 bridgehead atoms. The van der Waals surface area contributed by atoms with E-state index in [1.54, 1.807) is 6.08 Å². The minimum absolute atomic E-state index is 0.0543. The molecular weight excluding hydrogens is 342 g/mol. The summed E-state index contributed by atoms with van der Waals surface area (Å²) in [5.41, 5.74) is 0.839. The summed E-state index contributed by atoms with van der Waals surface area (Å²) in [6, 6.07) is 7.42. The molecule has 2 aliphatic rings. The topological polar surface area (TPSA) is 81.7 Å². The number of hydrogen-bond acceptors (Lipinski definition) is 6. The maximum absolute atomic E-state index is 11.5. The van der Waals surface area contributed by atoms with E-state index in [0.29, 0.717) is 23.9 Å². The molecule has 0 aromatic heterocycles. The first kappa shape index (κ1) is 17.5. The van der Waals surface area contributed by atoms with Gasteiger partial charge in [0.05, 0.1) is 11.5 Å². The van der Waals surface area contributed by atoms with Crippen LogP contribution in [0, 0.1) is 5.92 Å². The predicted molar refractivity (Wildman–Crippen MR) is 93.9 cm³/mol. The first-order valence-corrected chi connectivity index (χ1v) is 9.02. The van der Waals surface area contributed by atoms with Crippen LogP contribution in [0.5, 0.6) is 5.75 Å². The van der Waals surface area contributed by atoms with Gasteiger partial charge >= 0.3 is 0 Å². The van der Waals surface area contributed by atoms with Crippen molar-refractivity contribution in [3.05, 3.63) is 34.7 Å². The number of carbonyl (C=O) groups is 3. The normalized spacial score (nSPS) is 24.9. The zero-order chi connectivity index (χ0) is 17.6. The fourth-order valence-electron chi connectivity index (χ4n) is 2.96. The van der Waals surface area contributed by atoms with Gasteiger partial charge in [0.2, 0.25) is 0 Å². The molecule has 1 N–H and O–H groups in total. The van der Waals surface area contributed by atoms with E-state index in [4.69, 9.17) is 9.47 Å². The van der Waals surface area contributed by atoms with E-state index in [9.17, 15) is 14.4 Å². The van der Waals surface area contributed by atoms with Crippen molar-refractivity contribution >= 4 is 35.5 Å². The van der Waals surface area contributed by atoms with Crippen molar-refractivity contribution < 1.29 is 23.9 Å². The van der Waals surface area contributed by atoms with Crippen LogP contribution < -0.4 is 10.1 Å². The van der Waals surface area contributed by atoms with Crippen LogP contribution in [-0.4, -0.2) is 30.3 Å². The van der Waals surface area contributed by atoms with Crippen LogP contribution in [0.25, 0.3) is 6.08 Å². The highest BCUT2D eigenvalue weighted by Crippen LogP contribution is 2.28. The van der Waals surface area contributed by atoms with Gasteiger partial charge in [-0.2, -0.15) is 0 Å². The number of hydrogen-bond donors (Lipinski definition) is 1. The van der Waals surface area contributed by atoms with Crippen molar-refractivity contribution in [2.45, 2.75) is 31.8 Å². The second-order valence-corrected chi connectivity index (χ2v) is 7.12. The summed E-state index contributed by atoms with van der Waals surface area (Å²) < 4.78 is 10.8. The van der Waals surface area contributed by atoms with Crippen molar-refractivity contribution in [3.63, 3.8) is 0 Å². The van der Waals surface area contributed by atoms with Crippen LogP contribution in [0.1, 0.15) is 31.2 Å². The molecular formula is C18H19NO5S. The van der Waals surface area contributed by atoms with Gasteiger partial charge in [0.15, 0.2) is 0 Å². The summed E-state index contributed by atoms with van der Waals surface area (Å²) in [4.78, 5) is 33.4. The highest BCUT2D eigenvalue weighted by atomic mass is 32.2. The standard InChI is InChI=1S/C18H19NO5S/c20-11-24-15-7-3-13(4-8-15)10-23-14-5-1-12(2-6-14)9-16-17(21)19-18(22)25-16/h1-2,5-6,9,11,13,15H,3-4,7-8,10H2,(H,19,21,22)/b16-9-. The van der Waals surface area contributed by atoms with Gasteiger partial charge in [-0.25, -0.2) is 0 Å². The molecule has 7 heteroatoms. The van der Waals surface area contributed by atoms with E-state index < -0.39 is 0 Å². The lowest BCUT2D eigenvalue weighted by Gasteiger charge is -2.27. The third-order valence-electron chi connectivity index (χ3n) is 4.35. The first-order chi connectivity index (χ1) is 12.1. The maximum atomic E-state index is 11.5. The monoisotopic (exact) mass is 361 g/mol. The van der Waals surface area contributed by atoms with Crippen LogP contribution in [-0.2, 0) is 14.3 Å². The Hall–Kier alpha value is -2.28. The fourth-order valence-corrected chi connectivity index (χ4v) is 3.64. The summed E-state index contributed by atoms with van der Waals surface area (Å²) in [5, 5.41) is 1.89. The Labute approximate surface area is 149 Å². The van der Waals surface area contributed by atoms with Gasteiger partial charge < -0.3 is 9.47 Å².